The molecule has 0 fully saturated rings. The molecule has 1 aromatic carbocycles. The minimum Gasteiger partial charge on any atom is -0.385 e. The van der Waals surface area contributed by atoms with Crippen molar-refractivity contribution < 1.29 is 8.42 Å². The smallest absolute Gasteiger partial charge is 0.263 e. The van der Waals surface area contributed by atoms with Crippen molar-refractivity contribution in [1.82, 2.24) is 9.97 Å². The minimum atomic E-state index is -3.63. The molecule has 20 heavy (non-hydrogen) atoms. The maximum absolute atomic E-state index is 12.1. The molecular weight excluding hydrogens is 276 g/mol. The number of anilines is 2. The third-order valence-electron chi connectivity index (χ3n) is 2.55. The van der Waals surface area contributed by atoms with E-state index >= 15 is 0 Å². The molecule has 0 aliphatic rings. The van der Waals surface area contributed by atoms with Gasteiger partial charge in [0.1, 0.15) is 0 Å². The van der Waals surface area contributed by atoms with Gasteiger partial charge in [0.25, 0.3) is 10.0 Å². The van der Waals surface area contributed by atoms with Gasteiger partial charge in [-0.15, -0.1) is 0 Å². The van der Waals surface area contributed by atoms with E-state index in [1.165, 1.54) is 18.6 Å². The van der Waals surface area contributed by atoms with E-state index in [0.717, 1.165) is 18.7 Å². The molecule has 0 saturated heterocycles. The molecule has 0 amide bonds. The van der Waals surface area contributed by atoms with Crippen LogP contribution in [0, 0.1) is 0 Å². The van der Waals surface area contributed by atoms with Crippen LogP contribution in [-0.2, 0) is 10.0 Å². The summed E-state index contributed by atoms with van der Waals surface area (Å²) in [4.78, 5) is 7.88. The summed E-state index contributed by atoms with van der Waals surface area (Å²) in [6.45, 7) is 2.92. The Balaban J connectivity index is 2.13. The second-order valence-corrected chi connectivity index (χ2v) is 5.83. The standard InChI is InChI=1S/C13H16N4O2S/c1-2-7-15-11-3-5-12(6-4-11)20(18,19)17-13-10-14-8-9-16-13/h3-6,8-10,15H,2,7H2,1H3,(H,16,17). The SMILES string of the molecule is CCCNc1ccc(S(=O)(=O)Nc2cnccn2)cc1. The van der Waals surface area contributed by atoms with Gasteiger partial charge in [-0.3, -0.25) is 9.71 Å². The van der Waals surface area contributed by atoms with Gasteiger partial charge in [-0.05, 0) is 30.7 Å². The number of aromatic nitrogens is 2. The monoisotopic (exact) mass is 292 g/mol. The van der Waals surface area contributed by atoms with Crippen molar-refractivity contribution in [2.75, 3.05) is 16.6 Å². The average molecular weight is 292 g/mol. The van der Waals surface area contributed by atoms with Gasteiger partial charge in [0, 0.05) is 24.6 Å². The normalized spacial score (nSPS) is 11.1. The fraction of sp³-hybridized carbons (Fsp3) is 0.231. The highest BCUT2D eigenvalue weighted by Gasteiger charge is 2.14. The zero-order valence-corrected chi connectivity index (χ0v) is 11.9. The third kappa shape index (κ3) is 3.67. The molecule has 1 heterocycles. The summed E-state index contributed by atoms with van der Waals surface area (Å²) in [5.74, 6) is 0.195. The number of sulfonamides is 1. The number of hydrogen-bond donors (Lipinski definition) is 2. The van der Waals surface area contributed by atoms with Gasteiger partial charge < -0.3 is 5.32 Å². The van der Waals surface area contributed by atoms with E-state index in [0.29, 0.717) is 0 Å². The van der Waals surface area contributed by atoms with Crippen molar-refractivity contribution in [3.63, 3.8) is 0 Å². The lowest BCUT2D eigenvalue weighted by atomic mass is 10.3. The lowest BCUT2D eigenvalue weighted by Crippen LogP contribution is -2.14. The van der Waals surface area contributed by atoms with E-state index < -0.39 is 10.0 Å². The maximum atomic E-state index is 12.1. The molecule has 0 aliphatic carbocycles. The molecule has 106 valence electrons. The summed E-state index contributed by atoms with van der Waals surface area (Å²) in [6, 6.07) is 6.58. The number of nitrogens with zero attached hydrogens (tertiary/aromatic N) is 2. The maximum Gasteiger partial charge on any atom is 0.263 e. The molecule has 2 N–H and O–H groups in total. The third-order valence-corrected chi connectivity index (χ3v) is 3.92. The topological polar surface area (TPSA) is 84.0 Å². The van der Waals surface area contributed by atoms with Crippen LogP contribution in [0.15, 0.2) is 47.8 Å². The number of hydrogen-bond acceptors (Lipinski definition) is 5. The van der Waals surface area contributed by atoms with Gasteiger partial charge in [-0.2, -0.15) is 0 Å². The molecule has 0 saturated carbocycles. The molecule has 2 aromatic rings. The van der Waals surface area contributed by atoms with Crippen molar-refractivity contribution in [1.29, 1.82) is 0 Å². The highest BCUT2D eigenvalue weighted by Crippen LogP contribution is 2.16. The summed E-state index contributed by atoms with van der Waals surface area (Å²) in [5.41, 5.74) is 0.894. The molecule has 6 nitrogen and oxygen atoms in total. The fourth-order valence-corrected chi connectivity index (χ4v) is 2.56. The number of nitrogens with one attached hydrogen (secondary N) is 2. The van der Waals surface area contributed by atoms with E-state index in [1.807, 2.05) is 0 Å². The molecule has 0 atom stereocenters. The first-order valence-electron chi connectivity index (χ1n) is 6.24. The van der Waals surface area contributed by atoms with Gasteiger partial charge >= 0.3 is 0 Å². The van der Waals surface area contributed by atoms with Crippen molar-refractivity contribution >= 4 is 21.5 Å². The van der Waals surface area contributed by atoms with Crippen LogP contribution in [0.1, 0.15) is 13.3 Å². The van der Waals surface area contributed by atoms with Crippen LogP contribution in [0.4, 0.5) is 11.5 Å². The predicted octanol–water partition coefficient (Wildman–Crippen LogP) is 2.10. The van der Waals surface area contributed by atoms with Crippen LogP contribution >= 0.6 is 0 Å². The highest BCUT2D eigenvalue weighted by molar-refractivity contribution is 7.92. The first-order valence-corrected chi connectivity index (χ1v) is 7.73. The second kappa shape index (κ2) is 6.33. The Kier molecular flexibility index (Phi) is 4.52. The molecular formula is C13H16N4O2S. The zero-order chi connectivity index (χ0) is 14.4. The summed E-state index contributed by atoms with van der Waals surface area (Å²) in [7, 11) is -3.63. The van der Waals surface area contributed by atoms with E-state index in [2.05, 4.69) is 26.9 Å². The van der Waals surface area contributed by atoms with Crippen LogP contribution in [0.5, 0.6) is 0 Å². The quantitative estimate of drug-likeness (QED) is 0.851. The van der Waals surface area contributed by atoms with E-state index in [1.54, 1.807) is 24.3 Å². The van der Waals surface area contributed by atoms with Gasteiger partial charge in [-0.25, -0.2) is 13.4 Å². The first-order chi connectivity index (χ1) is 9.62. The molecule has 1 aromatic heterocycles. The minimum absolute atomic E-state index is 0.185. The van der Waals surface area contributed by atoms with E-state index in [-0.39, 0.29) is 10.7 Å². The van der Waals surface area contributed by atoms with Gasteiger partial charge in [0.05, 0.1) is 11.1 Å². The molecule has 0 aliphatic heterocycles. The van der Waals surface area contributed by atoms with Crippen molar-refractivity contribution in [2.45, 2.75) is 18.2 Å². The molecule has 0 radical (unpaired) electrons. The Labute approximate surface area is 118 Å². The number of benzene rings is 1. The second-order valence-electron chi connectivity index (χ2n) is 4.15. The van der Waals surface area contributed by atoms with Crippen LogP contribution in [-0.4, -0.2) is 24.9 Å². The van der Waals surface area contributed by atoms with E-state index in [4.69, 9.17) is 0 Å². The molecule has 0 spiro atoms. The van der Waals surface area contributed by atoms with Crippen molar-refractivity contribution in [3.05, 3.63) is 42.9 Å². The van der Waals surface area contributed by atoms with Crippen LogP contribution in [0.3, 0.4) is 0 Å². The lowest BCUT2D eigenvalue weighted by molar-refractivity contribution is 0.601. The average Bonchev–Trinajstić information content (AvgIpc) is 2.46. The fourth-order valence-electron chi connectivity index (χ4n) is 1.57. The zero-order valence-electron chi connectivity index (χ0n) is 11.1. The highest BCUT2D eigenvalue weighted by atomic mass is 32.2. The predicted molar refractivity (Wildman–Crippen MR) is 78.1 cm³/mol. The van der Waals surface area contributed by atoms with E-state index in [9.17, 15) is 8.42 Å². The van der Waals surface area contributed by atoms with Crippen LogP contribution in [0.25, 0.3) is 0 Å². The van der Waals surface area contributed by atoms with Crippen LogP contribution in [0.2, 0.25) is 0 Å². The van der Waals surface area contributed by atoms with Crippen molar-refractivity contribution in [3.8, 4) is 0 Å². The summed E-state index contributed by atoms with van der Waals surface area (Å²) < 4.78 is 26.6. The first kappa shape index (κ1) is 14.3. The lowest BCUT2D eigenvalue weighted by Gasteiger charge is -2.08. The Bertz CT molecular complexity index is 642. The summed E-state index contributed by atoms with van der Waals surface area (Å²) >= 11 is 0. The molecule has 0 unspecified atom stereocenters. The van der Waals surface area contributed by atoms with Gasteiger partial charge in [0.15, 0.2) is 5.82 Å². The molecule has 0 bridgehead atoms. The Morgan fingerprint density at radius 3 is 2.50 bits per heavy atom. The van der Waals surface area contributed by atoms with Gasteiger partial charge in [-0.1, -0.05) is 6.92 Å². The Hall–Kier alpha value is -2.15. The largest absolute Gasteiger partial charge is 0.385 e. The molecule has 2 rings (SSSR count). The Morgan fingerprint density at radius 2 is 1.90 bits per heavy atom. The number of rotatable bonds is 6. The Morgan fingerprint density at radius 1 is 1.15 bits per heavy atom. The summed E-state index contributed by atoms with van der Waals surface area (Å²) in [5, 5.41) is 3.19. The van der Waals surface area contributed by atoms with Crippen LogP contribution < -0.4 is 10.0 Å². The summed E-state index contributed by atoms with van der Waals surface area (Å²) in [6.07, 6.45) is 5.27. The van der Waals surface area contributed by atoms with Gasteiger partial charge in [0.2, 0.25) is 0 Å². The molecule has 7 heteroatoms. The van der Waals surface area contributed by atoms with Crippen molar-refractivity contribution in [2.24, 2.45) is 0 Å².